The van der Waals surface area contributed by atoms with E-state index in [1.54, 1.807) is 18.2 Å². The summed E-state index contributed by atoms with van der Waals surface area (Å²) in [6, 6.07) is 0. The molecule has 3 aliphatic rings. The SMILES string of the molecule is CCC(O)C(C)/C=C/C=C/C1CC2C=CC3CC(C)CC(C)C3C2(C)C(O)C1(C(N)=O)C(=O)C(O)O. The zero-order valence-electron chi connectivity index (χ0n) is 22.2. The van der Waals surface area contributed by atoms with Crippen molar-refractivity contribution in [2.45, 2.75) is 78.8 Å². The Labute approximate surface area is 215 Å². The summed E-state index contributed by atoms with van der Waals surface area (Å²) >= 11 is 0. The van der Waals surface area contributed by atoms with Crippen molar-refractivity contribution in [3.05, 3.63) is 36.5 Å². The Morgan fingerprint density at radius 2 is 1.78 bits per heavy atom. The molecule has 11 atom stereocenters. The first-order chi connectivity index (χ1) is 16.8. The zero-order chi connectivity index (χ0) is 27.0. The Morgan fingerprint density at radius 1 is 1.11 bits per heavy atom. The second-order valence-electron chi connectivity index (χ2n) is 11.9. The van der Waals surface area contributed by atoms with E-state index in [9.17, 15) is 30.0 Å². The maximum Gasteiger partial charge on any atom is 0.234 e. The standard InChI is InChI=1S/C29H45NO6/c1-6-22(31)17(3)9-7-8-10-21-15-20-12-11-19-14-16(2)13-18(4)23(19)28(20,5)26(35)29(21,27(30)36)24(32)25(33)34/h7-12,16-23,25-26,31,33-35H,6,13-15H2,1-5H3,(H2,30,36)/b9-7+,10-8+. The summed E-state index contributed by atoms with van der Waals surface area (Å²) in [6.07, 6.45) is 9.83. The first-order valence-corrected chi connectivity index (χ1v) is 13.4. The van der Waals surface area contributed by atoms with Crippen molar-refractivity contribution in [1.82, 2.24) is 0 Å². The molecule has 3 aliphatic carbocycles. The summed E-state index contributed by atoms with van der Waals surface area (Å²) in [7, 11) is 0. The second kappa shape index (κ2) is 10.9. The monoisotopic (exact) mass is 503 g/mol. The van der Waals surface area contributed by atoms with Crippen LogP contribution in [0.2, 0.25) is 0 Å². The van der Waals surface area contributed by atoms with Gasteiger partial charge in [0.05, 0.1) is 12.2 Å². The molecule has 7 heteroatoms. The Kier molecular flexibility index (Phi) is 8.71. The third-order valence-corrected chi connectivity index (χ3v) is 9.69. The summed E-state index contributed by atoms with van der Waals surface area (Å²) in [5, 5.41) is 42.0. The Bertz CT molecular complexity index is 911. The first kappa shape index (κ1) is 28.8. The summed E-state index contributed by atoms with van der Waals surface area (Å²) < 4.78 is 0. The van der Waals surface area contributed by atoms with E-state index in [0.29, 0.717) is 18.8 Å². The van der Waals surface area contributed by atoms with Crippen molar-refractivity contribution in [2.75, 3.05) is 0 Å². The fourth-order valence-electron chi connectivity index (χ4n) is 7.92. The second-order valence-corrected chi connectivity index (χ2v) is 11.9. The van der Waals surface area contributed by atoms with Crippen molar-refractivity contribution in [1.29, 1.82) is 0 Å². The van der Waals surface area contributed by atoms with Crippen LogP contribution in [0.1, 0.15) is 60.3 Å². The third-order valence-electron chi connectivity index (χ3n) is 9.69. The lowest BCUT2D eigenvalue weighted by Gasteiger charge is -2.62. The third kappa shape index (κ3) is 4.64. The molecular formula is C29H45NO6. The summed E-state index contributed by atoms with van der Waals surface area (Å²) in [6.45, 7) is 10.1. The maximum absolute atomic E-state index is 13.4. The van der Waals surface area contributed by atoms with Crippen LogP contribution < -0.4 is 5.73 Å². The normalized spacial score (nSPS) is 42.3. The van der Waals surface area contributed by atoms with E-state index in [4.69, 9.17) is 5.73 Å². The number of aliphatic hydroxyl groups is 4. The van der Waals surface area contributed by atoms with Gasteiger partial charge in [-0.05, 0) is 55.3 Å². The maximum atomic E-state index is 13.4. The van der Waals surface area contributed by atoms with E-state index >= 15 is 0 Å². The van der Waals surface area contributed by atoms with E-state index in [0.717, 1.165) is 12.8 Å². The van der Waals surface area contributed by atoms with Crippen LogP contribution in [0, 0.1) is 52.3 Å². The zero-order valence-corrected chi connectivity index (χ0v) is 22.2. The summed E-state index contributed by atoms with van der Waals surface area (Å²) in [5.41, 5.74) is 2.89. The number of allylic oxidation sites excluding steroid dienone is 5. The number of hydrogen-bond donors (Lipinski definition) is 5. The molecule has 3 rings (SSSR count). The van der Waals surface area contributed by atoms with Crippen LogP contribution in [0.5, 0.6) is 0 Å². The van der Waals surface area contributed by atoms with E-state index in [2.05, 4.69) is 26.0 Å². The Balaban J connectivity index is 2.09. The molecule has 6 N–H and O–H groups in total. The van der Waals surface area contributed by atoms with E-state index < -0.39 is 46.9 Å². The molecule has 0 radical (unpaired) electrons. The molecule has 0 aromatic heterocycles. The van der Waals surface area contributed by atoms with Crippen molar-refractivity contribution in [3.8, 4) is 0 Å². The van der Waals surface area contributed by atoms with E-state index in [-0.39, 0.29) is 29.6 Å². The van der Waals surface area contributed by atoms with Crippen LogP contribution in [0.15, 0.2) is 36.5 Å². The van der Waals surface area contributed by atoms with Gasteiger partial charge in [0, 0.05) is 17.3 Å². The van der Waals surface area contributed by atoms with Crippen LogP contribution in [-0.2, 0) is 9.59 Å². The number of Topliss-reactive ketones (excluding diaryl/α,β-unsaturated/α-hetero) is 1. The molecular weight excluding hydrogens is 458 g/mol. The smallest absolute Gasteiger partial charge is 0.234 e. The summed E-state index contributed by atoms with van der Waals surface area (Å²) in [4.78, 5) is 26.5. The fraction of sp³-hybridized carbons (Fsp3) is 0.724. The number of rotatable bonds is 8. The lowest BCUT2D eigenvalue weighted by Crippen LogP contribution is -2.70. The van der Waals surface area contributed by atoms with Crippen molar-refractivity contribution in [3.63, 3.8) is 0 Å². The quantitative estimate of drug-likeness (QED) is 0.149. The first-order valence-electron chi connectivity index (χ1n) is 13.4. The van der Waals surface area contributed by atoms with Crippen LogP contribution in [-0.4, -0.2) is 50.6 Å². The average Bonchev–Trinajstić information content (AvgIpc) is 2.81. The van der Waals surface area contributed by atoms with Gasteiger partial charge in [0.1, 0.15) is 5.41 Å². The predicted molar refractivity (Wildman–Crippen MR) is 138 cm³/mol. The van der Waals surface area contributed by atoms with Gasteiger partial charge in [-0.2, -0.15) is 0 Å². The van der Waals surface area contributed by atoms with Gasteiger partial charge < -0.3 is 26.2 Å². The van der Waals surface area contributed by atoms with Crippen LogP contribution in [0.25, 0.3) is 0 Å². The lowest BCUT2D eigenvalue weighted by molar-refractivity contribution is -0.207. The average molecular weight is 504 g/mol. The fourth-order valence-corrected chi connectivity index (χ4v) is 7.92. The van der Waals surface area contributed by atoms with Crippen LogP contribution >= 0.6 is 0 Å². The highest BCUT2D eigenvalue weighted by molar-refractivity contribution is 6.08. The van der Waals surface area contributed by atoms with Crippen LogP contribution in [0.4, 0.5) is 0 Å². The number of primary amides is 1. The summed E-state index contributed by atoms with van der Waals surface area (Å²) in [5.74, 6) is -2.19. The molecule has 0 aromatic rings. The highest BCUT2D eigenvalue weighted by atomic mass is 16.5. The number of carbonyl (C=O) groups is 2. The molecule has 7 nitrogen and oxygen atoms in total. The molecule has 0 bridgehead atoms. The van der Waals surface area contributed by atoms with Crippen molar-refractivity contribution in [2.24, 2.45) is 58.0 Å². The number of aliphatic hydroxyl groups excluding tert-OH is 3. The van der Waals surface area contributed by atoms with Gasteiger partial charge in [-0.25, -0.2) is 0 Å². The molecule has 0 saturated heterocycles. The van der Waals surface area contributed by atoms with Gasteiger partial charge in [-0.1, -0.05) is 71.1 Å². The molecule has 11 unspecified atom stereocenters. The number of fused-ring (bicyclic) bond motifs is 3. The minimum Gasteiger partial charge on any atom is -0.393 e. The number of amides is 1. The van der Waals surface area contributed by atoms with Crippen molar-refractivity contribution >= 4 is 11.7 Å². The topological polar surface area (TPSA) is 141 Å². The highest BCUT2D eigenvalue weighted by Gasteiger charge is 2.69. The molecule has 2 saturated carbocycles. The van der Waals surface area contributed by atoms with Crippen molar-refractivity contribution < 1.29 is 30.0 Å². The van der Waals surface area contributed by atoms with Gasteiger partial charge >= 0.3 is 0 Å². The van der Waals surface area contributed by atoms with Gasteiger partial charge in [-0.3, -0.25) is 9.59 Å². The predicted octanol–water partition coefficient (Wildman–Crippen LogP) is 2.73. The number of ketones is 1. The molecule has 0 aromatic carbocycles. The number of hydrogen-bond acceptors (Lipinski definition) is 6. The van der Waals surface area contributed by atoms with Gasteiger partial charge in [0.25, 0.3) is 0 Å². The van der Waals surface area contributed by atoms with Gasteiger partial charge in [0.15, 0.2) is 0 Å². The Hall–Kier alpha value is -1.80. The molecule has 0 spiro atoms. The molecule has 2 fully saturated rings. The number of nitrogens with two attached hydrogens (primary N) is 1. The molecule has 36 heavy (non-hydrogen) atoms. The largest absolute Gasteiger partial charge is 0.393 e. The lowest BCUT2D eigenvalue weighted by atomic mass is 9.41. The molecule has 0 heterocycles. The minimum atomic E-state index is -2.43. The van der Waals surface area contributed by atoms with Crippen LogP contribution in [0.3, 0.4) is 0 Å². The minimum absolute atomic E-state index is 0.0299. The van der Waals surface area contributed by atoms with E-state index in [1.807, 2.05) is 26.8 Å². The highest BCUT2D eigenvalue weighted by Crippen LogP contribution is 2.64. The number of carbonyl (C=O) groups excluding carboxylic acids is 2. The molecule has 0 aliphatic heterocycles. The van der Waals surface area contributed by atoms with E-state index in [1.165, 1.54) is 0 Å². The van der Waals surface area contributed by atoms with Gasteiger partial charge in [-0.15, -0.1) is 0 Å². The Morgan fingerprint density at radius 3 is 2.36 bits per heavy atom. The molecule has 1 amide bonds. The van der Waals surface area contributed by atoms with Gasteiger partial charge in [0.2, 0.25) is 18.0 Å². The molecule has 202 valence electrons.